The van der Waals surface area contributed by atoms with E-state index in [1.807, 2.05) is 0 Å². The first kappa shape index (κ1) is 9.91. The highest BCUT2D eigenvalue weighted by molar-refractivity contribution is 9.09. The van der Waals surface area contributed by atoms with Gasteiger partial charge in [0.15, 0.2) is 6.29 Å². The van der Waals surface area contributed by atoms with E-state index in [9.17, 15) is 14.6 Å². The molecule has 68 valence electrons. The van der Waals surface area contributed by atoms with Gasteiger partial charge in [0.2, 0.25) is 0 Å². The summed E-state index contributed by atoms with van der Waals surface area (Å²) >= 11 is 3.14. The summed E-state index contributed by atoms with van der Waals surface area (Å²) in [6, 6.07) is -0.684. The van der Waals surface area contributed by atoms with Gasteiger partial charge in [-0.15, -0.1) is 4.91 Å². The largest absolute Gasteiger partial charge is 0.298 e. The molecule has 1 aliphatic rings. The van der Waals surface area contributed by atoms with Gasteiger partial charge in [0, 0.05) is 5.57 Å². The number of aldehydes is 1. The monoisotopic (exact) mass is 244 g/mol. The Morgan fingerprint density at radius 1 is 1.38 bits per heavy atom. The lowest BCUT2D eigenvalue weighted by Gasteiger charge is -2.14. The lowest BCUT2D eigenvalue weighted by atomic mass is 10.0. The van der Waals surface area contributed by atoms with E-state index in [1.54, 1.807) is 0 Å². The maximum absolute atomic E-state index is 10.4. The maximum atomic E-state index is 10.4. The summed E-state index contributed by atoms with van der Waals surface area (Å²) in [5.41, 5.74) is 0.145. The minimum atomic E-state index is -0.684. The molecule has 0 bridgehead atoms. The van der Waals surface area contributed by atoms with Crippen molar-refractivity contribution in [2.24, 2.45) is 10.4 Å². The maximum Gasteiger partial charge on any atom is 0.152 e. The minimum Gasteiger partial charge on any atom is -0.298 e. The van der Waals surface area contributed by atoms with Crippen molar-refractivity contribution in [1.82, 2.24) is 0 Å². The zero-order chi connectivity index (χ0) is 9.84. The van der Waals surface area contributed by atoms with E-state index in [1.165, 1.54) is 12.2 Å². The highest BCUT2D eigenvalue weighted by Crippen LogP contribution is 2.25. The second-order valence-corrected chi connectivity index (χ2v) is 3.48. The van der Waals surface area contributed by atoms with Crippen LogP contribution in [0.4, 0.5) is 0 Å². The number of nitrogens with zero attached hydrogens (tertiary/aromatic N) is 2. The first-order valence-corrected chi connectivity index (χ1v) is 4.33. The van der Waals surface area contributed by atoms with E-state index >= 15 is 0 Å². The van der Waals surface area contributed by atoms with Gasteiger partial charge in [-0.2, -0.15) is 4.91 Å². The van der Waals surface area contributed by atoms with Crippen molar-refractivity contribution >= 4 is 22.2 Å². The molecule has 0 fully saturated rings. The van der Waals surface area contributed by atoms with Crippen molar-refractivity contribution in [3.63, 3.8) is 0 Å². The van der Waals surface area contributed by atoms with Crippen LogP contribution in [0.2, 0.25) is 0 Å². The summed E-state index contributed by atoms with van der Waals surface area (Å²) in [5, 5.41) is 5.39. The van der Waals surface area contributed by atoms with Crippen molar-refractivity contribution in [2.45, 2.75) is 10.9 Å². The average Bonchev–Trinajstić information content (AvgIpc) is 2.17. The first-order valence-electron chi connectivity index (χ1n) is 3.42. The molecule has 0 N–H and O–H groups in total. The molecule has 0 heterocycles. The third-order valence-electron chi connectivity index (χ3n) is 1.64. The number of rotatable bonds is 3. The van der Waals surface area contributed by atoms with Gasteiger partial charge in [-0.3, -0.25) is 4.79 Å². The third kappa shape index (κ3) is 1.95. The van der Waals surface area contributed by atoms with E-state index < -0.39 is 6.04 Å². The molecular formula is C7H5BrN2O3. The molecule has 0 aromatic carbocycles. The molecule has 0 aromatic rings. The number of alkyl halides is 1. The molecule has 1 aliphatic carbocycles. The van der Waals surface area contributed by atoms with Gasteiger partial charge in [-0.25, -0.2) is 0 Å². The Morgan fingerprint density at radius 2 is 2.08 bits per heavy atom. The smallest absolute Gasteiger partial charge is 0.152 e. The molecule has 0 spiro atoms. The van der Waals surface area contributed by atoms with Crippen LogP contribution < -0.4 is 0 Å². The zero-order valence-electron chi connectivity index (χ0n) is 6.38. The molecule has 0 amide bonds. The van der Waals surface area contributed by atoms with Crippen LogP contribution in [0.1, 0.15) is 0 Å². The molecule has 0 saturated carbocycles. The Bertz CT molecular complexity index is 311. The summed E-state index contributed by atoms with van der Waals surface area (Å²) in [5.74, 6) is 0. The van der Waals surface area contributed by atoms with Crippen LogP contribution in [0.5, 0.6) is 0 Å². The van der Waals surface area contributed by atoms with Gasteiger partial charge >= 0.3 is 0 Å². The molecular weight excluding hydrogens is 240 g/mol. The summed E-state index contributed by atoms with van der Waals surface area (Å²) in [4.78, 5) is 30.5. The molecule has 6 heteroatoms. The van der Waals surface area contributed by atoms with Crippen LogP contribution in [-0.4, -0.2) is 17.2 Å². The number of nitroso groups, excluding NO2 is 2. The summed E-state index contributed by atoms with van der Waals surface area (Å²) < 4.78 is 0. The molecule has 0 saturated heterocycles. The predicted molar refractivity (Wildman–Crippen MR) is 50.3 cm³/mol. The number of hydrogen-bond acceptors (Lipinski definition) is 5. The van der Waals surface area contributed by atoms with Gasteiger partial charge < -0.3 is 0 Å². The molecule has 0 aromatic heterocycles. The van der Waals surface area contributed by atoms with Crippen molar-refractivity contribution in [1.29, 1.82) is 0 Å². The van der Waals surface area contributed by atoms with Crippen molar-refractivity contribution < 1.29 is 4.79 Å². The van der Waals surface area contributed by atoms with E-state index in [2.05, 4.69) is 26.3 Å². The van der Waals surface area contributed by atoms with Crippen LogP contribution in [0, 0.1) is 9.81 Å². The normalized spacial score (nSPS) is 27.2. The summed E-state index contributed by atoms with van der Waals surface area (Å²) in [7, 11) is 0. The number of halogens is 1. The van der Waals surface area contributed by atoms with Gasteiger partial charge in [0.25, 0.3) is 0 Å². The molecule has 1 rings (SSSR count). The Balaban J connectivity index is 3.04. The quantitative estimate of drug-likeness (QED) is 0.431. The van der Waals surface area contributed by atoms with E-state index in [-0.39, 0.29) is 16.1 Å². The molecule has 0 aliphatic heterocycles. The fourth-order valence-electron chi connectivity index (χ4n) is 0.977. The van der Waals surface area contributed by atoms with E-state index in [0.29, 0.717) is 6.29 Å². The fraction of sp³-hybridized carbons (Fsp3) is 0.286. The zero-order valence-corrected chi connectivity index (χ0v) is 7.97. The Labute approximate surface area is 82.0 Å². The Kier molecular flexibility index (Phi) is 3.18. The SMILES string of the molecule is O=CC1=CC(Br)C(N=O)C=C1N=O. The Hall–Kier alpha value is -1.17. The topological polar surface area (TPSA) is 75.9 Å². The summed E-state index contributed by atoms with van der Waals surface area (Å²) in [6.07, 6.45) is 3.22. The van der Waals surface area contributed by atoms with Crippen LogP contribution in [0.25, 0.3) is 0 Å². The second-order valence-electron chi connectivity index (χ2n) is 2.42. The van der Waals surface area contributed by atoms with Gasteiger partial charge in [0.1, 0.15) is 11.7 Å². The van der Waals surface area contributed by atoms with Crippen molar-refractivity contribution in [3.05, 3.63) is 33.2 Å². The molecule has 0 radical (unpaired) electrons. The van der Waals surface area contributed by atoms with Crippen LogP contribution >= 0.6 is 15.9 Å². The van der Waals surface area contributed by atoms with Crippen LogP contribution in [0.3, 0.4) is 0 Å². The predicted octanol–water partition coefficient (Wildman–Crippen LogP) is 1.67. The molecule has 5 nitrogen and oxygen atoms in total. The standard InChI is InChI=1S/C7H5BrN2O3/c8-5-1-4(3-11)6(9-12)2-7(5)10-13/h1-3,5,7H. The highest BCUT2D eigenvalue weighted by Gasteiger charge is 2.23. The molecule has 2 unspecified atom stereocenters. The average molecular weight is 245 g/mol. The number of allylic oxidation sites excluding steroid dienone is 1. The number of carbonyl (C=O) groups is 1. The lowest BCUT2D eigenvalue weighted by Crippen LogP contribution is -2.18. The second kappa shape index (κ2) is 4.18. The van der Waals surface area contributed by atoms with Crippen molar-refractivity contribution in [3.8, 4) is 0 Å². The molecule has 13 heavy (non-hydrogen) atoms. The fourth-order valence-corrected chi connectivity index (χ4v) is 1.51. The van der Waals surface area contributed by atoms with Gasteiger partial charge in [0.05, 0.1) is 4.83 Å². The first-order chi connectivity index (χ1) is 6.22. The number of hydrogen-bond donors (Lipinski definition) is 0. The van der Waals surface area contributed by atoms with Gasteiger partial charge in [-0.1, -0.05) is 27.2 Å². The van der Waals surface area contributed by atoms with Crippen LogP contribution in [-0.2, 0) is 4.79 Å². The van der Waals surface area contributed by atoms with E-state index in [4.69, 9.17) is 0 Å². The number of carbonyl (C=O) groups excluding carboxylic acids is 1. The van der Waals surface area contributed by atoms with Crippen LogP contribution in [0.15, 0.2) is 33.8 Å². The molecule has 2 atom stereocenters. The van der Waals surface area contributed by atoms with Crippen molar-refractivity contribution in [2.75, 3.05) is 0 Å². The van der Waals surface area contributed by atoms with Gasteiger partial charge in [-0.05, 0) is 11.3 Å². The Morgan fingerprint density at radius 3 is 2.54 bits per heavy atom. The summed E-state index contributed by atoms with van der Waals surface area (Å²) in [6.45, 7) is 0. The minimum absolute atomic E-state index is 0.0321. The third-order valence-corrected chi connectivity index (χ3v) is 2.44. The van der Waals surface area contributed by atoms with E-state index in [0.717, 1.165) is 0 Å². The highest BCUT2D eigenvalue weighted by atomic mass is 79.9. The lowest BCUT2D eigenvalue weighted by molar-refractivity contribution is -0.104.